The van der Waals surface area contributed by atoms with Crippen LogP contribution in [0.5, 0.6) is 0 Å². The Hall–Kier alpha value is -1.37. The van der Waals surface area contributed by atoms with E-state index in [-0.39, 0.29) is 29.9 Å². The van der Waals surface area contributed by atoms with Crippen molar-refractivity contribution < 1.29 is 22.7 Å². The van der Waals surface area contributed by atoms with E-state index in [1.54, 1.807) is 19.1 Å². The summed E-state index contributed by atoms with van der Waals surface area (Å²) in [7, 11) is 0. The molecule has 0 radical (unpaired) electrons. The van der Waals surface area contributed by atoms with Crippen LogP contribution in [0.3, 0.4) is 0 Å². The summed E-state index contributed by atoms with van der Waals surface area (Å²) < 4.78 is 44.1. The Morgan fingerprint density at radius 2 is 1.78 bits per heavy atom. The van der Waals surface area contributed by atoms with Gasteiger partial charge in [0.2, 0.25) is 0 Å². The number of halogens is 3. The summed E-state index contributed by atoms with van der Waals surface area (Å²) in [5.74, 6) is 1.96. The van der Waals surface area contributed by atoms with Crippen molar-refractivity contribution in [3.05, 3.63) is 36.1 Å². The Morgan fingerprint density at radius 1 is 1.22 bits per heavy atom. The maximum absolute atomic E-state index is 12.7. The zero-order valence-corrected chi connectivity index (χ0v) is 16.3. The van der Waals surface area contributed by atoms with Gasteiger partial charge in [0, 0.05) is 5.70 Å². The highest BCUT2D eigenvalue weighted by Gasteiger charge is 2.55. The third-order valence-corrected chi connectivity index (χ3v) is 6.52. The first-order chi connectivity index (χ1) is 12.7. The van der Waals surface area contributed by atoms with Crippen LogP contribution in [0.1, 0.15) is 45.4 Å². The van der Waals surface area contributed by atoms with Gasteiger partial charge in [0.05, 0.1) is 17.4 Å². The molecule has 4 saturated carbocycles. The molecule has 4 aliphatic rings. The minimum Gasteiger partial charge on any atom is -0.460 e. The van der Waals surface area contributed by atoms with Crippen LogP contribution in [0.4, 0.5) is 13.2 Å². The fourth-order valence-electron chi connectivity index (χ4n) is 5.22. The number of rotatable bonds is 7. The van der Waals surface area contributed by atoms with Crippen LogP contribution in [0.2, 0.25) is 0 Å². The average molecular weight is 401 g/mol. The Balaban J connectivity index is 1.44. The summed E-state index contributed by atoms with van der Waals surface area (Å²) >= 11 is -0.302. The van der Waals surface area contributed by atoms with Crippen molar-refractivity contribution in [2.45, 2.75) is 51.0 Å². The molecule has 4 rings (SSSR count). The van der Waals surface area contributed by atoms with Gasteiger partial charge in [-0.15, -0.1) is 0 Å². The van der Waals surface area contributed by atoms with Gasteiger partial charge >= 0.3 is 11.5 Å². The number of carbonyl (C=O) groups is 1. The van der Waals surface area contributed by atoms with Crippen molar-refractivity contribution in [1.82, 2.24) is 4.72 Å². The van der Waals surface area contributed by atoms with E-state index in [9.17, 15) is 18.0 Å². The summed E-state index contributed by atoms with van der Waals surface area (Å²) in [6, 6.07) is 0. The molecule has 4 aliphatic carbocycles. The number of hydrogen-bond acceptors (Lipinski definition) is 4. The number of ether oxygens (including phenoxy) is 1. The zero-order chi connectivity index (χ0) is 19.7. The largest absolute Gasteiger partial charge is 0.461 e. The lowest BCUT2D eigenvalue weighted by Crippen LogP contribution is -2.50. The monoisotopic (exact) mass is 401 g/mol. The van der Waals surface area contributed by atoms with Crippen LogP contribution < -0.4 is 4.72 Å². The van der Waals surface area contributed by atoms with Crippen LogP contribution in [0.25, 0.3) is 0 Å². The molecule has 0 aromatic heterocycles. The first-order valence-electron chi connectivity index (χ1n) is 9.36. The second kappa shape index (κ2) is 7.94. The van der Waals surface area contributed by atoms with Gasteiger partial charge < -0.3 is 9.46 Å². The maximum atomic E-state index is 12.7. The van der Waals surface area contributed by atoms with Crippen LogP contribution in [-0.2, 0) is 9.53 Å². The quantitative estimate of drug-likeness (QED) is 0.346. The zero-order valence-electron chi connectivity index (χ0n) is 15.5. The first kappa shape index (κ1) is 20.4. The Morgan fingerprint density at radius 3 is 2.30 bits per heavy atom. The van der Waals surface area contributed by atoms with E-state index in [2.05, 4.69) is 11.3 Å². The van der Waals surface area contributed by atoms with Gasteiger partial charge in [0.15, 0.2) is 0 Å². The number of alkyl halides is 3. The lowest BCUT2D eigenvalue weighted by molar-refractivity contribution is -0.170. The molecule has 150 valence electrons. The summed E-state index contributed by atoms with van der Waals surface area (Å²) in [4.78, 5) is 12.7. The van der Waals surface area contributed by atoms with E-state index in [0.717, 1.165) is 19.3 Å². The van der Waals surface area contributed by atoms with Crippen LogP contribution in [0, 0.1) is 23.2 Å². The standard InChI is InChI=1S/C20H26F3NO2S/c1-13(4-3-5-14(2)24-27-20(21,22)23)12-26-18(25)19-9-15-6-16(10-19)8-17(7-15)11-19/h3-5,15-17,24H,1,6-12H2,2H3/b4-3-,14-5+. The summed E-state index contributed by atoms with van der Waals surface area (Å²) in [6.07, 6.45) is 11.5. The second-order valence-corrected chi connectivity index (χ2v) is 9.16. The molecule has 1 N–H and O–H groups in total. The minimum absolute atomic E-state index is 0.0916. The van der Waals surface area contributed by atoms with Gasteiger partial charge in [-0.3, -0.25) is 4.79 Å². The minimum atomic E-state index is -4.33. The predicted octanol–water partition coefficient (Wildman–Crippen LogP) is 5.52. The van der Waals surface area contributed by atoms with Gasteiger partial charge in [-0.05, 0) is 74.9 Å². The summed E-state index contributed by atoms with van der Waals surface area (Å²) in [6.45, 7) is 5.52. The van der Waals surface area contributed by atoms with E-state index in [4.69, 9.17) is 4.74 Å². The van der Waals surface area contributed by atoms with Crippen LogP contribution in [-0.4, -0.2) is 18.1 Å². The highest BCUT2D eigenvalue weighted by molar-refractivity contribution is 7.98. The molecule has 0 saturated heterocycles. The van der Waals surface area contributed by atoms with Crippen molar-refractivity contribution in [3.63, 3.8) is 0 Å². The van der Waals surface area contributed by atoms with E-state index < -0.39 is 5.51 Å². The highest BCUT2D eigenvalue weighted by atomic mass is 32.2. The average Bonchev–Trinajstić information content (AvgIpc) is 2.56. The first-order valence-corrected chi connectivity index (χ1v) is 10.2. The van der Waals surface area contributed by atoms with Crippen molar-refractivity contribution >= 4 is 17.9 Å². The van der Waals surface area contributed by atoms with E-state index in [1.165, 1.54) is 25.3 Å². The Labute approximate surface area is 162 Å². The molecule has 0 heterocycles. The molecular formula is C20H26F3NO2S. The van der Waals surface area contributed by atoms with Gasteiger partial charge in [0.25, 0.3) is 0 Å². The van der Waals surface area contributed by atoms with Gasteiger partial charge in [0.1, 0.15) is 6.61 Å². The third kappa shape index (κ3) is 5.33. The van der Waals surface area contributed by atoms with Gasteiger partial charge in [-0.2, -0.15) is 13.2 Å². The maximum Gasteiger partial charge on any atom is 0.461 e. The molecule has 3 nitrogen and oxygen atoms in total. The highest BCUT2D eigenvalue weighted by Crippen LogP contribution is 2.60. The molecule has 4 fully saturated rings. The molecule has 0 aromatic carbocycles. The number of carbonyl (C=O) groups excluding carboxylic acids is 1. The summed E-state index contributed by atoms with van der Waals surface area (Å²) in [5.41, 5.74) is -3.63. The molecule has 0 atom stereocenters. The Bertz CT molecular complexity index is 619. The molecule has 0 aliphatic heterocycles. The normalized spacial score (nSPS) is 32.7. The predicted molar refractivity (Wildman–Crippen MR) is 100 cm³/mol. The lowest BCUT2D eigenvalue weighted by Gasteiger charge is -2.55. The number of esters is 1. The van der Waals surface area contributed by atoms with E-state index in [0.29, 0.717) is 29.0 Å². The summed E-state index contributed by atoms with van der Waals surface area (Å²) in [5, 5.41) is 0. The molecule has 0 aromatic rings. The molecule has 0 unspecified atom stereocenters. The van der Waals surface area contributed by atoms with Crippen molar-refractivity contribution in [2.75, 3.05) is 6.61 Å². The van der Waals surface area contributed by atoms with E-state index in [1.807, 2.05) is 0 Å². The second-order valence-electron chi connectivity index (χ2n) is 8.29. The SMILES string of the molecule is C=C(/C=C\C=C(/C)NSC(F)(F)F)COC(=O)C12CC3CC(CC(C3)C1)C2. The molecule has 27 heavy (non-hydrogen) atoms. The number of nitrogens with one attached hydrogen (secondary N) is 1. The van der Waals surface area contributed by atoms with E-state index >= 15 is 0 Å². The van der Waals surface area contributed by atoms with Crippen LogP contribution in [0.15, 0.2) is 36.1 Å². The van der Waals surface area contributed by atoms with Crippen molar-refractivity contribution in [3.8, 4) is 0 Å². The topological polar surface area (TPSA) is 38.3 Å². The van der Waals surface area contributed by atoms with Gasteiger partial charge in [-0.25, -0.2) is 0 Å². The number of allylic oxidation sites excluding steroid dienone is 3. The fraction of sp³-hybridized carbons (Fsp3) is 0.650. The fourth-order valence-corrected chi connectivity index (χ4v) is 5.57. The van der Waals surface area contributed by atoms with Gasteiger partial charge in [-0.1, -0.05) is 18.7 Å². The molecule has 0 spiro atoms. The molecule has 0 amide bonds. The smallest absolute Gasteiger partial charge is 0.460 e. The third-order valence-electron chi connectivity index (χ3n) is 5.87. The lowest BCUT2D eigenvalue weighted by atomic mass is 9.49. The molecule has 7 heteroatoms. The van der Waals surface area contributed by atoms with Crippen LogP contribution >= 0.6 is 11.9 Å². The Kier molecular flexibility index (Phi) is 5.99. The van der Waals surface area contributed by atoms with Crippen molar-refractivity contribution in [1.29, 1.82) is 0 Å². The molecule has 4 bridgehead atoms. The molecular weight excluding hydrogens is 375 g/mol. The number of hydrogen-bond donors (Lipinski definition) is 1. The van der Waals surface area contributed by atoms with Crippen molar-refractivity contribution in [2.24, 2.45) is 23.2 Å².